The van der Waals surface area contributed by atoms with Crippen molar-refractivity contribution in [2.75, 3.05) is 39.5 Å². The molecule has 3 atom stereocenters. The quantitative estimate of drug-likeness (QED) is 0.304. The van der Waals surface area contributed by atoms with Gasteiger partial charge in [-0.05, 0) is 68.7 Å². The van der Waals surface area contributed by atoms with Gasteiger partial charge in [-0.3, -0.25) is 10.1 Å². The predicted molar refractivity (Wildman–Crippen MR) is 148 cm³/mol. The topological polar surface area (TPSA) is 131 Å². The summed E-state index contributed by atoms with van der Waals surface area (Å²) in [6.07, 6.45) is 3.90. The number of carbonyl (C=O) groups is 1. The van der Waals surface area contributed by atoms with E-state index in [0.717, 1.165) is 43.4 Å². The molecule has 218 valence electrons. The van der Waals surface area contributed by atoms with E-state index >= 15 is 0 Å². The van der Waals surface area contributed by atoms with Crippen LogP contribution in [0.15, 0.2) is 34.4 Å². The molecule has 4 N–H and O–H groups in total. The predicted octanol–water partition coefficient (Wildman–Crippen LogP) is 2.10. The Balaban J connectivity index is 1.67. The minimum atomic E-state index is -3.75. The summed E-state index contributed by atoms with van der Waals surface area (Å²) < 4.78 is 34.8. The molecule has 1 aromatic rings. The Morgan fingerprint density at radius 3 is 2.46 bits per heavy atom. The van der Waals surface area contributed by atoms with Crippen LogP contribution in [0.25, 0.3) is 0 Å². The first-order chi connectivity index (χ1) is 18.8. The molecule has 3 aliphatic rings. The highest BCUT2D eigenvalue weighted by Gasteiger charge is 2.48. The van der Waals surface area contributed by atoms with E-state index in [2.05, 4.69) is 17.6 Å². The van der Waals surface area contributed by atoms with Gasteiger partial charge in [0.15, 0.2) is 0 Å². The molecule has 0 radical (unpaired) electrons. The lowest BCUT2D eigenvalue weighted by molar-refractivity contribution is -0.129. The van der Waals surface area contributed by atoms with Crippen LogP contribution < -0.4 is 15.4 Å². The second kappa shape index (κ2) is 13.0. The molecule has 4 rings (SSSR count). The average Bonchev–Trinajstić information content (AvgIpc) is 3.25. The Morgan fingerprint density at radius 2 is 1.85 bits per heavy atom. The minimum Gasteiger partial charge on any atom is -0.493 e. The fraction of sp³-hybridized carbons (Fsp3) is 0.679. The molecule has 1 aromatic carbocycles. The molecule has 3 aliphatic heterocycles. The van der Waals surface area contributed by atoms with Gasteiger partial charge in [0.25, 0.3) is 0 Å². The van der Waals surface area contributed by atoms with Gasteiger partial charge in [-0.2, -0.15) is 4.31 Å². The smallest absolute Gasteiger partial charge is 0.246 e. The first-order valence-corrected chi connectivity index (χ1v) is 15.8. The van der Waals surface area contributed by atoms with Crippen molar-refractivity contribution in [2.45, 2.75) is 82.4 Å². The lowest BCUT2D eigenvalue weighted by Gasteiger charge is -2.39. The summed E-state index contributed by atoms with van der Waals surface area (Å²) in [6, 6.07) is 4.13. The maximum absolute atomic E-state index is 13.6. The third kappa shape index (κ3) is 5.97. The Labute approximate surface area is 232 Å². The van der Waals surface area contributed by atoms with Crippen LogP contribution in [0.1, 0.15) is 71.0 Å². The SMILES string of the molecule is CCCOc1ccc(S(=O)(=O)N2CCC(CCO)CC2)cc1C1NC(=O)C2C(N1)C(CCC)=C(CO)N2CC. The number of fused-ring (bicyclic) bond motifs is 1. The molecule has 0 aromatic heterocycles. The van der Waals surface area contributed by atoms with Crippen molar-refractivity contribution < 1.29 is 28.2 Å². The number of rotatable bonds is 12. The molecule has 0 saturated carbocycles. The van der Waals surface area contributed by atoms with E-state index in [1.165, 1.54) is 4.31 Å². The van der Waals surface area contributed by atoms with Crippen molar-refractivity contribution in [3.63, 3.8) is 0 Å². The van der Waals surface area contributed by atoms with Crippen LogP contribution >= 0.6 is 0 Å². The van der Waals surface area contributed by atoms with Gasteiger partial charge in [0.05, 0.1) is 24.2 Å². The van der Waals surface area contributed by atoms with Crippen LogP contribution in [0.4, 0.5) is 0 Å². The third-order valence-electron chi connectivity index (χ3n) is 8.16. The number of benzene rings is 1. The van der Waals surface area contributed by atoms with Crippen LogP contribution in [-0.2, 0) is 14.8 Å². The second-order valence-electron chi connectivity index (χ2n) is 10.6. The van der Waals surface area contributed by atoms with Crippen LogP contribution in [-0.4, -0.2) is 85.3 Å². The summed E-state index contributed by atoms with van der Waals surface area (Å²) in [5.74, 6) is 0.700. The molecule has 3 unspecified atom stereocenters. The lowest BCUT2D eigenvalue weighted by atomic mass is 9.94. The van der Waals surface area contributed by atoms with Gasteiger partial charge in [-0.15, -0.1) is 0 Å². The van der Waals surface area contributed by atoms with Gasteiger partial charge in [-0.1, -0.05) is 20.3 Å². The number of hydrogen-bond acceptors (Lipinski definition) is 8. The van der Waals surface area contributed by atoms with Gasteiger partial charge in [0, 0.05) is 37.5 Å². The summed E-state index contributed by atoms with van der Waals surface area (Å²) in [7, 11) is -3.75. The largest absolute Gasteiger partial charge is 0.493 e. The molecule has 0 aliphatic carbocycles. The zero-order valence-electron chi connectivity index (χ0n) is 23.4. The third-order valence-corrected chi connectivity index (χ3v) is 10.1. The van der Waals surface area contributed by atoms with E-state index in [4.69, 9.17) is 4.74 Å². The van der Waals surface area contributed by atoms with E-state index in [1.54, 1.807) is 18.2 Å². The summed E-state index contributed by atoms with van der Waals surface area (Å²) >= 11 is 0. The Morgan fingerprint density at radius 1 is 1.10 bits per heavy atom. The molecule has 39 heavy (non-hydrogen) atoms. The van der Waals surface area contributed by atoms with E-state index in [0.29, 0.717) is 49.9 Å². The van der Waals surface area contributed by atoms with Gasteiger partial charge in [0.1, 0.15) is 18.0 Å². The standard InChI is InChI=1S/C28H44N4O6S/c1-4-7-21-23(18-34)32(6-3)26-25(21)29-27(30-28(26)35)22-17-20(8-9-24(22)38-16-5-2)39(36,37)31-13-10-19(11-14-31)12-15-33/h8-9,17,19,25-27,29,33-34H,4-7,10-16,18H2,1-3H3,(H,30,35). The van der Waals surface area contributed by atoms with Crippen molar-refractivity contribution in [3.05, 3.63) is 35.0 Å². The fourth-order valence-corrected chi connectivity index (χ4v) is 7.68. The monoisotopic (exact) mass is 564 g/mol. The molecule has 10 nitrogen and oxygen atoms in total. The number of nitrogens with zero attached hydrogens (tertiary/aromatic N) is 2. The molecule has 0 bridgehead atoms. The summed E-state index contributed by atoms with van der Waals surface area (Å²) in [5, 5.41) is 26.0. The van der Waals surface area contributed by atoms with Gasteiger partial charge in [-0.25, -0.2) is 8.42 Å². The van der Waals surface area contributed by atoms with E-state index in [1.807, 2.05) is 18.7 Å². The summed E-state index contributed by atoms with van der Waals surface area (Å²) in [5.41, 5.74) is 2.39. The van der Waals surface area contributed by atoms with Crippen molar-refractivity contribution in [1.29, 1.82) is 0 Å². The van der Waals surface area contributed by atoms with E-state index < -0.39 is 22.2 Å². The Bertz CT molecular complexity index is 1150. The molecular weight excluding hydrogens is 520 g/mol. The highest BCUT2D eigenvalue weighted by Crippen LogP contribution is 2.38. The number of aliphatic hydroxyl groups is 2. The maximum atomic E-state index is 13.6. The van der Waals surface area contributed by atoms with Crippen LogP contribution in [0.2, 0.25) is 0 Å². The first-order valence-electron chi connectivity index (χ1n) is 14.3. The summed E-state index contributed by atoms with van der Waals surface area (Å²) in [4.78, 5) is 15.6. The number of ether oxygens (including phenoxy) is 1. The zero-order valence-corrected chi connectivity index (χ0v) is 24.2. The normalized spacial score (nSPS) is 24.7. The lowest BCUT2D eigenvalue weighted by Crippen LogP contribution is -2.62. The van der Waals surface area contributed by atoms with E-state index in [9.17, 15) is 23.4 Å². The molecule has 0 spiro atoms. The van der Waals surface area contributed by atoms with Crippen molar-refractivity contribution in [3.8, 4) is 5.75 Å². The number of amides is 1. The Hall–Kier alpha value is -2.18. The second-order valence-corrected chi connectivity index (χ2v) is 12.5. The van der Waals surface area contributed by atoms with Gasteiger partial charge >= 0.3 is 0 Å². The highest BCUT2D eigenvalue weighted by molar-refractivity contribution is 7.89. The number of hydrogen-bond donors (Lipinski definition) is 4. The highest BCUT2D eigenvalue weighted by atomic mass is 32.2. The van der Waals surface area contributed by atoms with Crippen LogP contribution in [0.5, 0.6) is 5.75 Å². The number of carbonyl (C=O) groups excluding carboxylic acids is 1. The average molecular weight is 565 g/mol. The number of piperidine rings is 1. The molecular formula is C28H44N4O6S. The number of likely N-dealkylation sites (N-methyl/N-ethyl adjacent to an activating group) is 1. The molecule has 2 fully saturated rings. The van der Waals surface area contributed by atoms with Crippen LogP contribution in [0, 0.1) is 5.92 Å². The van der Waals surface area contributed by atoms with Crippen molar-refractivity contribution in [2.24, 2.45) is 5.92 Å². The maximum Gasteiger partial charge on any atom is 0.246 e. The van der Waals surface area contributed by atoms with Crippen molar-refractivity contribution in [1.82, 2.24) is 19.8 Å². The molecule has 11 heteroatoms. The van der Waals surface area contributed by atoms with Gasteiger partial charge in [0.2, 0.25) is 15.9 Å². The van der Waals surface area contributed by atoms with E-state index in [-0.39, 0.29) is 30.1 Å². The zero-order chi connectivity index (χ0) is 28.2. The van der Waals surface area contributed by atoms with Crippen molar-refractivity contribution >= 4 is 15.9 Å². The molecule has 2 saturated heterocycles. The van der Waals surface area contributed by atoms with Gasteiger partial charge < -0.3 is 25.2 Å². The minimum absolute atomic E-state index is 0.118. The number of nitrogens with one attached hydrogen (secondary N) is 2. The summed E-state index contributed by atoms with van der Waals surface area (Å²) in [6.45, 7) is 7.92. The molecule has 3 heterocycles. The number of sulfonamides is 1. The fourth-order valence-electron chi connectivity index (χ4n) is 6.18. The number of aliphatic hydroxyl groups excluding tert-OH is 2. The van der Waals surface area contributed by atoms with Crippen LogP contribution in [0.3, 0.4) is 0 Å². The molecule has 1 amide bonds. The Kier molecular flexibility index (Phi) is 9.92. The first kappa shape index (κ1) is 29.8.